The fourth-order valence-electron chi connectivity index (χ4n) is 2.77. The molecule has 3 rings (SSSR count). The van der Waals surface area contributed by atoms with Crippen molar-refractivity contribution in [2.75, 3.05) is 36.8 Å². The van der Waals surface area contributed by atoms with Gasteiger partial charge >= 0.3 is 0 Å². The number of halogens is 2. The average molecular weight is 486 g/mol. The molecule has 0 unspecified atom stereocenters. The molecule has 0 radical (unpaired) electrons. The number of hydrogen-bond donors (Lipinski definition) is 1. The molecule has 1 aromatic heterocycles. The number of thiazole rings is 1. The normalized spacial score (nSPS) is 14.1. The summed E-state index contributed by atoms with van der Waals surface area (Å²) in [4.78, 5) is 44.2. The van der Waals surface area contributed by atoms with Crippen molar-refractivity contribution in [1.82, 2.24) is 14.8 Å². The van der Waals surface area contributed by atoms with Crippen LogP contribution in [0.1, 0.15) is 16.1 Å². The number of piperazine rings is 1. The van der Waals surface area contributed by atoms with E-state index in [0.29, 0.717) is 52.9 Å². The van der Waals surface area contributed by atoms with Crippen LogP contribution in [0.4, 0.5) is 5.13 Å². The van der Waals surface area contributed by atoms with Crippen molar-refractivity contribution in [3.8, 4) is 0 Å². The van der Waals surface area contributed by atoms with Gasteiger partial charge in [-0.05, 0) is 24.3 Å². The largest absolute Gasteiger partial charge is 0.339 e. The second kappa shape index (κ2) is 9.49. The van der Waals surface area contributed by atoms with Gasteiger partial charge in [-0.2, -0.15) is 0 Å². The standard InChI is InChI=1S/C18H18BrClN4O3S/c19-10-16(26)24-7-5-23(6-8-24)15(25)9-14-11-28-18(21-14)22-17(27)12-1-3-13(20)4-2-12/h1-4,11H,5-10H2,(H,21,22,27). The zero-order valence-corrected chi connectivity index (χ0v) is 18.0. The lowest BCUT2D eigenvalue weighted by molar-refractivity contribution is -0.137. The van der Waals surface area contributed by atoms with E-state index in [1.165, 1.54) is 11.3 Å². The van der Waals surface area contributed by atoms with Gasteiger partial charge in [0.05, 0.1) is 17.4 Å². The first-order valence-corrected chi connectivity index (χ1v) is 11.0. The van der Waals surface area contributed by atoms with Crippen LogP contribution in [0.2, 0.25) is 5.02 Å². The van der Waals surface area contributed by atoms with Crippen molar-refractivity contribution in [1.29, 1.82) is 0 Å². The summed E-state index contributed by atoms with van der Waals surface area (Å²) >= 11 is 10.3. The topological polar surface area (TPSA) is 82.6 Å². The summed E-state index contributed by atoms with van der Waals surface area (Å²) in [6.45, 7) is 2.11. The summed E-state index contributed by atoms with van der Waals surface area (Å²) in [7, 11) is 0. The number of amides is 3. The van der Waals surface area contributed by atoms with Crippen molar-refractivity contribution >= 4 is 61.7 Å². The smallest absolute Gasteiger partial charge is 0.257 e. The predicted octanol–water partition coefficient (Wildman–Crippen LogP) is 2.66. The Morgan fingerprint density at radius 2 is 1.68 bits per heavy atom. The van der Waals surface area contributed by atoms with Gasteiger partial charge < -0.3 is 9.80 Å². The quantitative estimate of drug-likeness (QED) is 0.660. The van der Waals surface area contributed by atoms with E-state index < -0.39 is 0 Å². The van der Waals surface area contributed by atoms with Gasteiger partial charge in [-0.3, -0.25) is 19.7 Å². The number of benzene rings is 1. The summed E-state index contributed by atoms with van der Waals surface area (Å²) in [5.41, 5.74) is 1.09. The van der Waals surface area contributed by atoms with Crippen molar-refractivity contribution in [3.63, 3.8) is 0 Å². The minimum Gasteiger partial charge on any atom is -0.339 e. The Morgan fingerprint density at radius 3 is 2.29 bits per heavy atom. The van der Waals surface area contributed by atoms with Crippen LogP contribution in [0.15, 0.2) is 29.6 Å². The second-order valence-corrected chi connectivity index (χ2v) is 8.03. The third-order valence-corrected chi connectivity index (χ3v) is 5.85. The second-order valence-electron chi connectivity index (χ2n) is 6.18. The molecule has 1 aliphatic rings. The van der Waals surface area contributed by atoms with E-state index in [1.807, 2.05) is 0 Å². The van der Waals surface area contributed by atoms with E-state index in [-0.39, 0.29) is 24.1 Å². The van der Waals surface area contributed by atoms with Gasteiger partial charge in [0.25, 0.3) is 5.91 Å². The molecular formula is C18H18BrClN4O3S. The predicted molar refractivity (Wildman–Crippen MR) is 112 cm³/mol. The lowest BCUT2D eigenvalue weighted by Gasteiger charge is -2.34. The Balaban J connectivity index is 1.51. The molecule has 3 amide bonds. The fourth-order valence-corrected chi connectivity index (χ4v) is 3.96. The maximum atomic E-state index is 12.5. The zero-order chi connectivity index (χ0) is 20.1. The van der Waals surface area contributed by atoms with Gasteiger partial charge in [0.2, 0.25) is 11.8 Å². The average Bonchev–Trinajstić information content (AvgIpc) is 3.14. The molecule has 28 heavy (non-hydrogen) atoms. The van der Waals surface area contributed by atoms with Crippen LogP contribution in [0, 0.1) is 0 Å². The highest BCUT2D eigenvalue weighted by molar-refractivity contribution is 9.09. The first-order chi connectivity index (χ1) is 13.5. The van der Waals surface area contributed by atoms with Crippen LogP contribution in [0.3, 0.4) is 0 Å². The first kappa shape index (κ1) is 20.8. The van der Waals surface area contributed by atoms with Gasteiger partial charge in [-0.15, -0.1) is 11.3 Å². The number of alkyl halides is 1. The molecule has 10 heteroatoms. The minimum absolute atomic E-state index is 0.0349. The van der Waals surface area contributed by atoms with Gasteiger partial charge in [0.1, 0.15) is 0 Å². The van der Waals surface area contributed by atoms with Gasteiger partial charge in [-0.1, -0.05) is 27.5 Å². The summed E-state index contributed by atoms with van der Waals surface area (Å²) in [5, 5.41) is 5.79. The molecule has 0 spiro atoms. The lowest BCUT2D eigenvalue weighted by Crippen LogP contribution is -2.51. The lowest BCUT2D eigenvalue weighted by atomic mass is 10.2. The molecule has 1 fully saturated rings. The number of anilines is 1. The number of carbonyl (C=O) groups excluding carboxylic acids is 3. The van der Waals surface area contributed by atoms with Crippen LogP contribution < -0.4 is 5.32 Å². The Bertz CT molecular complexity index is 866. The summed E-state index contributed by atoms with van der Waals surface area (Å²) < 4.78 is 0. The SMILES string of the molecule is O=C(Nc1nc(CC(=O)N2CCN(C(=O)CBr)CC2)cs1)c1ccc(Cl)cc1. The molecule has 2 heterocycles. The summed E-state index contributed by atoms with van der Waals surface area (Å²) in [5.74, 6) is -0.282. The summed E-state index contributed by atoms with van der Waals surface area (Å²) in [6.07, 6.45) is 0.166. The molecular weight excluding hydrogens is 468 g/mol. The number of rotatable bonds is 5. The molecule has 1 aromatic carbocycles. The van der Waals surface area contributed by atoms with Gasteiger partial charge in [0.15, 0.2) is 5.13 Å². The molecule has 1 N–H and O–H groups in total. The third kappa shape index (κ3) is 5.30. The highest BCUT2D eigenvalue weighted by Gasteiger charge is 2.24. The highest BCUT2D eigenvalue weighted by Crippen LogP contribution is 2.18. The Labute approximate surface area is 179 Å². The number of nitrogens with one attached hydrogen (secondary N) is 1. The van der Waals surface area contributed by atoms with E-state index in [9.17, 15) is 14.4 Å². The molecule has 1 saturated heterocycles. The zero-order valence-electron chi connectivity index (χ0n) is 14.9. The van der Waals surface area contributed by atoms with E-state index in [4.69, 9.17) is 11.6 Å². The molecule has 2 aromatic rings. The third-order valence-electron chi connectivity index (χ3n) is 4.31. The maximum Gasteiger partial charge on any atom is 0.257 e. The van der Waals surface area contributed by atoms with Crippen LogP contribution in [0.25, 0.3) is 0 Å². The van der Waals surface area contributed by atoms with Crippen molar-refractivity contribution in [2.45, 2.75) is 6.42 Å². The fraction of sp³-hybridized carbons (Fsp3) is 0.333. The van der Waals surface area contributed by atoms with Crippen LogP contribution in [0.5, 0.6) is 0 Å². The number of hydrogen-bond acceptors (Lipinski definition) is 5. The van der Waals surface area contributed by atoms with E-state index in [1.54, 1.807) is 39.4 Å². The van der Waals surface area contributed by atoms with Crippen molar-refractivity contribution < 1.29 is 14.4 Å². The summed E-state index contributed by atoms with van der Waals surface area (Å²) in [6, 6.07) is 6.56. The number of nitrogens with zero attached hydrogens (tertiary/aromatic N) is 3. The monoisotopic (exact) mass is 484 g/mol. The molecule has 7 nitrogen and oxygen atoms in total. The highest BCUT2D eigenvalue weighted by atomic mass is 79.9. The maximum absolute atomic E-state index is 12.5. The molecule has 0 saturated carbocycles. The minimum atomic E-state index is -0.281. The van der Waals surface area contributed by atoms with Gasteiger partial charge in [0, 0.05) is 42.1 Å². The Morgan fingerprint density at radius 1 is 1.07 bits per heavy atom. The molecule has 148 valence electrons. The molecule has 0 atom stereocenters. The number of carbonyl (C=O) groups is 3. The van der Waals surface area contributed by atoms with E-state index >= 15 is 0 Å². The number of aromatic nitrogens is 1. The first-order valence-electron chi connectivity index (χ1n) is 8.59. The van der Waals surface area contributed by atoms with Crippen molar-refractivity contribution in [3.05, 3.63) is 45.9 Å². The molecule has 0 bridgehead atoms. The van der Waals surface area contributed by atoms with Crippen LogP contribution >= 0.6 is 38.9 Å². The van der Waals surface area contributed by atoms with E-state index in [0.717, 1.165) is 0 Å². The molecule has 0 aliphatic carbocycles. The van der Waals surface area contributed by atoms with Crippen LogP contribution in [-0.2, 0) is 16.0 Å². The van der Waals surface area contributed by atoms with Crippen molar-refractivity contribution in [2.24, 2.45) is 0 Å². The van der Waals surface area contributed by atoms with Gasteiger partial charge in [-0.25, -0.2) is 4.98 Å². The molecule has 1 aliphatic heterocycles. The van der Waals surface area contributed by atoms with Crippen LogP contribution in [-0.4, -0.2) is 64.0 Å². The Hall–Kier alpha value is -1.97. The Kier molecular flexibility index (Phi) is 7.03. The van der Waals surface area contributed by atoms with E-state index in [2.05, 4.69) is 26.2 Å².